The Labute approximate surface area is 177 Å². The first-order chi connectivity index (χ1) is 14.7. The molecule has 5 N–H and O–H groups in total. The molecule has 1 saturated heterocycles. The summed E-state index contributed by atoms with van der Waals surface area (Å²) in [5.41, 5.74) is 5.39. The number of carboxylic acid groups (broad SMARTS) is 2. The fraction of sp³-hybridized carbons (Fsp3) is 0.471. The van der Waals surface area contributed by atoms with Gasteiger partial charge in [-0.1, -0.05) is 0 Å². The number of carboxylic acids is 2. The monoisotopic (exact) mass is 468 g/mol. The van der Waals surface area contributed by atoms with E-state index in [0.717, 1.165) is 0 Å². The van der Waals surface area contributed by atoms with Gasteiger partial charge in [-0.3, -0.25) is 14.4 Å². The Kier molecular flexibility index (Phi) is 9.49. The molecular formula is C17H19F3N2O10. The van der Waals surface area contributed by atoms with Crippen LogP contribution in [0.5, 0.6) is 0 Å². The number of aliphatic hydroxyl groups is 2. The fourth-order valence-electron chi connectivity index (χ4n) is 2.37. The molecule has 0 unspecified atom stereocenters. The zero-order valence-corrected chi connectivity index (χ0v) is 16.1. The predicted molar refractivity (Wildman–Crippen MR) is 90.0 cm³/mol. The molecule has 0 bridgehead atoms. The van der Waals surface area contributed by atoms with Crippen LogP contribution in [-0.2, 0) is 23.9 Å². The summed E-state index contributed by atoms with van der Waals surface area (Å²) in [7, 11) is 0. The third-order valence-electron chi connectivity index (χ3n) is 3.92. The molecule has 0 aliphatic carbocycles. The van der Waals surface area contributed by atoms with E-state index in [1.807, 2.05) is 0 Å². The fourth-order valence-corrected chi connectivity index (χ4v) is 2.37. The first-order valence-corrected chi connectivity index (χ1v) is 8.71. The van der Waals surface area contributed by atoms with Crippen LogP contribution in [0, 0.1) is 0 Å². The van der Waals surface area contributed by atoms with Crippen LogP contribution in [0.15, 0.2) is 24.5 Å². The number of amides is 1. The Balaban J connectivity index is 0.000000633. The van der Waals surface area contributed by atoms with Crippen LogP contribution in [-0.4, -0.2) is 70.2 Å². The van der Waals surface area contributed by atoms with Gasteiger partial charge in [-0.05, 0) is 6.07 Å². The normalized spacial score (nSPS) is 22.4. The van der Waals surface area contributed by atoms with Gasteiger partial charge in [0.25, 0.3) is 12.1 Å². The van der Waals surface area contributed by atoms with Crippen molar-refractivity contribution < 1.29 is 66.8 Å². The van der Waals surface area contributed by atoms with Crippen LogP contribution in [0.1, 0.15) is 29.4 Å². The van der Waals surface area contributed by atoms with E-state index in [2.05, 4.69) is 0 Å². The highest BCUT2D eigenvalue weighted by Gasteiger charge is 2.48. The lowest BCUT2D eigenvalue weighted by molar-refractivity contribution is -0.765. The lowest BCUT2D eigenvalue weighted by atomic mass is 10.1. The Bertz CT molecular complexity index is 848. The zero-order valence-electron chi connectivity index (χ0n) is 16.1. The molecule has 1 aliphatic rings. The van der Waals surface area contributed by atoms with Crippen molar-refractivity contribution in [3.63, 3.8) is 0 Å². The van der Waals surface area contributed by atoms with Gasteiger partial charge >= 0.3 is 18.1 Å². The zero-order chi connectivity index (χ0) is 24.6. The standard InChI is InChI=1S/C15H18N2O8.C2HF3O2/c16-14(23)8-2-1-5-17(6-8)15-13(22)12(21)9(25-15)7-24-11(20)4-3-10(18)19;3-2(4,5)1(6)7/h1-2,5-6,9,12-13,15,21-22H,3-4,7H2,(H2-,16,18,19,23);(H,6,7)/t9-,12-,13-,15-;/m1./s1. The molecule has 4 atom stereocenters. The highest BCUT2D eigenvalue weighted by atomic mass is 19.4. The molecule has 1 aliphatic heterocycles. The number of pyridine rings is 1. The summed E-state index contributed by atoms with van der Waals surface area (Å²) in [5.74, 6) is -5.55. The summed E-state index contributed by atoms with van der Waals surface area (Å²) < 4.78 is 43.3. The highest BCUT2D eigenvalue weighted by molar-refractivity contribution is 5.92. The number of esters is 1. The topological polar surface area (TPSA) is 200 Å². The smallest absolute Gasteiger partial charge is 0.430 e. The Morgan fingerprint density at radius 3 is 2.28 bits per heavy atom. The summed E-state index contributed by atoms with van der Waals surface area (Å²) in [6, 6.07) is 3.01. The van der Waals surface area contributed by atoms with E-state index in [0.29, 0.717) is 0 Å². The lowest BCUT2D eigenvalue weighted by Gasteiger charge is -2.13. The van der Waals surface area contributed by atoms with E-state index >= 15 is 0 Å². The molecule has 0 spiro atoms. The molecule has 1 aromatic rings. The van der Waals surface area contributed by atoms with Crippen LogP contribution < -0.4 is 15.4 Å². The minimum atomic E-state index is -5.19. The predicted octanol–water partition coefficient (Wildman–Crippen LogP) is -2.60. The van der Waals surface area contributed by atoms with Crippen molar-refractivity contribution in [1.29, 1.82) is 0 Å². The molecule has 0 saturated carbocycles. The van der Waals surface area contributed by atoms with Crippen molar-refractivity contribution in [3.8, 4) is 0 Å². The van der Waals surface area contributed by atoms with Gasteiger partial charge in [-0.25, -0.2) is 0 Å². The van der Waals surface area contributed by atoms with Crippen LogP contribution in [0.2, 0.25) is 0 Å². The molecule has 2 heterocycles. The van der Waals surface area contributed by atoms with Gasteiger partial charge < -0.3 is 40.4 Å². The molecule has 1 fully saturated rings. The van der Waals surface area contributed by atoms with Gasteiger partial charge in [-0.2, -0.15) is 17.7 Å². The maximum absolute atomic E-state index is 11.4. The largest absolute Gasteiger partial charge is 0.542 e. The van der Waals surface area contributed by atoms with Crippen molar-refractivity contribution in [3.05, 3.63) is 30.1 Å². The molecule has 12 nitrogen and oxygen atoms in total. The number of nitrogens with two attached hydrogens (primary N) is 1. The van der Waals surface area contributed by atoms with E-state index in [4.69, 9.17) is 30.2 Å². The second-order valence-electron chi connectivity index (χ2n) is 6.31. The molecule has 0 aromatic carbocycles. The molecule has 0 radical (unpaired) electrons. The Hall–Kier alpha value is -3.30. The van der Waals surface area contributed by atoms with E-state index < -0.39 is 54.5 Å². The van der Waals surface area contributed by atoms with Gasteiger partial charge in [-0.15, -0.1) is 0 Å². The number of primary amides is 1. The number of alkyl halides is 3. The van der Waals surface area contributed by atoms with Crippen molar-refractivity contribution in [1.82, 2.24) is 0 Å². The summed E-state index contributed by atoms with van der Waals surface area (Å²) in [4.78, 5) is 41.8. The van der Waals surface area contributed by atoms with Gasteiger partial charge in [0.05, 0.1) is 12.8 Å². The van der Waals surface area contributed by atoms with Gasteiger partial charge in [0, 0.05) is 6.07 Å². The number of hydrogen-bond donors (Lipinski definition) is 4. The van der Waals surface area contributed by atoms with Gasteiger partial charge in [0.1, 0.15) is 30.3 Å². The molecule has 15 heteroatoms. The van der Waals surface area contributed by atoms with E-state index in [1.165, 1.54) is 29.1 Å². The average Bonchev–Trinajstić information content (AvgIpc) is 2.99. The van der Waals surface area contributed by atoms with E-state index in [9.17, 15) is 37.8 Å². The van der Waals surface area contributed by atoms with Crippen molar-refractivity contribution >= 4 is 23.8 Å². The number of hydrogen-bond acceptors (Lipinski definition) is 9. The number of aliphatic hydroxyl groups excluding tert-OH is 2. The first-order valence-electron chi connectivity index (χ1n) is 8.71. The summed E-state index contributed by atoms with van der Waals surface area (Å²) in [5, 5.41) is 37.4. The Morgan fingerprint density at radius 2 is 1.78 bits per heavy atom. The minimum absolute atomic E-state index is 0.191. The van der Waals surface area contributed by atoms with Gasteiger partial charge in [0.15, 0.2) is 18.5 Å². The van der Waals surface area contributed by atoms with E-state index in [1.54, 1.807) is 0 Å². The molecular weight excluding hydrogens is 449 g/mol. The molecule has 1 amide bonds. The number of rotatable bonds is 7. The van der Waals surface area contributed by atoms with Crippen LogP contribution in [0.3, 0.4) is 0 Å². The number of aliphatic carboxylic acids is 2. The SMILES string of the molecule is NC(=O)c1ccc[n+]([C@@H]2O[C@H](COC(=O)CCC(=O)O)[C@@H](O)[C@H]2O)c1.O=C([O-])C(F)(F)F. The Morgan fingerprint density at radius 1 is 1.19 bits per heavy atom. The van der Waals surface area contributed by atoms with E-state index in [-0.39, 0.29) is 25.0 Å². The van der Waals surface area contributed by atoms with Crippen molar-refractivity contribution in [2.75, 3.05) is 6.61 Å². The van der Waals surface area contributed by atoms with Gasteiger partial charge in [0.2, 0.25) is 0 Å². The van der Waals surface area contributed by atoms with Crippen LogP contribution in [0.4, 0.5) is 13.2 Å². The summed E-state index contributed by atoms with van der Waals surface area (Å²) >= 11 is 0. The third kappa shape index (κ3) is 8.09. The molecule has 32 heavy (non-hydrogen) atoms. The average molecular weight is 468 g/mol. The molecule has 1 aromatic heterocycles. The minimum Gasteiger partial charge on any atom is -0.542 e. The maximum Gasteiger partial charge on any atom is 0.430 e. The second-order valence-corrected chi connectivity index (χ2v) is 6.31. The third-order valence-corrected chi connectivity index (χ3v) is 3.92. The summed E-state index contributed by atoms with van der Waals surface area (Å²) in [6.45, 7) is -0.344. The number of aromatic nitrogens is 1. The second kappa shape index (κ2) is 11.4. The number of ether oxygens (including phenoxy) is 2. The van der Waals surface area contributed by atoms with Crippen LogP contribution >= 0.6 is 0 Å². The van der Waals surface area contributed by atoms with Crippen molar-refractivity contribution in [2.24, 2.45) is 5.73 Å². The van der Waals surface area contributed by atoms with Crippen LogP contribution in [0.25, 0.3) is 0 Å². The number of carbonyl (C=O) groups excluding carboxylic acids is 3. The lowest BCUT2D eigenvalue weighted by Crippen LogP contribution is -2.46. The number of nitrogens with zero attached hydrogens (tertiary/aromatic N) is 1. The molecule has 178 valence electrons. The molecule has 2 rings (SSSR count). The quantitative estimate of drug-likeness (QED) is 0.243. The number of carbonyl (C=O) groups is 4. The summed E-state index contributed by atoms with van der Waals surface area (Å²) in [6.07, 6.45) is -7.64. The maximum atomic E-state index is 11.4. The van der Waals surface area contributed by atoms with Crippen molar-refractivity contribution in [2.45, 2.75) is 43.6 Å². The highest BCUT2D eigenvalue weighted by Crippen LogP contribution is 2.25. The number of halogens is 3. The first kappa shape index (κ1) is 26.7.